The Kier molecular flexibility index (Phi) is 7.31. The van der Waals surface area contributed by atoms with Crippen molar-refractivity contribution in [2.75, 3.05) is 18.4 Å². The monoisotopic (exact) mass is 463 g/mol. The molecule has 3 heterocycles. The van der Waals surface area contributed by atoms with Crippen LogP contribution in [0.2, 0.25) is 0 Å². The van der Waals surface area contributed by atoms with E-state index in [2.05, 4.69) is 32.4 Å². The van der Waals surface area contributed by atoms with Crippen LogP contribution in [0.3, 0.4) is 0 Å². The molecule has 0 fully saturated rings. The van der Waals surface area contributed by atoms with Gasteiger partial charge in [0.1, 0.15) is 5.69 Å². The molecule has 1 aliphatic heterocycles. The highest BCUT2D eigenvalue weighted by Gasteiger charge is 2.21. The predicted octanol–water partition coefficient (Wildman–Crippen LogP) is 3.17. The molecular weight excluding hydrogens is 438 g/mol. The highest BCUT2D eigenvalue weighted by atomic mass is 32.1. The van der Waals surface area contributed by atoms with Crippen molar-refractivity contribution in [2.24, 2.45) is 0 Å². The molecule has 0 unspecified atom stereocenters. The topological polar surface area (TPSA) is 103 Å². The quantitative estimate of drug-likeness (QED) is 0.501. The van der Waals surface area contributed by atoms with Gasteiger partial charge in [-0.3, -0.25) is 14.6 Å². The molecule has 9 heteroatoms. The van der Waals surface area contributed by atoms with E-state index in [0.29, 0.717) is 24.5 Å². The average molecular weight is 464 g/mol. The lowest BCUT2D eigenvalue weighted by Gasteiger charge is -2.27. The van der Waals surface area contributed by atoms with Crippen LogP contribution in [0, 0.1) is 0 Å². The largest absolute Gasteiger partial charge is 0.338 e. The average Bonchev–Trinajstić information content (AvgIpc) is 3.31. The first-order valence-corrected chi connectivity index (χ1v) is 11.6. The van der Waals surface area contributed by atoms with Gasteiger partial charge in [0, 0.05) is 49.4 Å². The van der Waals surface area contributed by atoms with Gasteiger partial charge in [-0.1, -0.05) is 18.2 Å². The van der Waals surface area contributed by atoms with Gasteiger partial charge in [0.2, 0.25) is 5.91 Å². The molecule has 1 aliphatic rings. The fourth-order valence-corrected chi connectivity index (χ4v) is 4.49. The SMILES string of the molecule is O=C(NCCC(=O)N1CCc2sccc2C1)NCc1cccc(NC(=O)c2ccccn2)c1. The normalized spacial score (nSPS) is 12.5. The summed E-state index contributed by atoms with van der Waals surface area (Å²) in [5.41, 5.74) is 3.00. The number of carbonyl (C=O) groups excluding carboxylic acids is 3. The molecule has 0 saturated carbocycles. The first kappa shape index (κ1) is 22.5. The molecule has 0 aliphatic carbocycles. The molecule has 2 aromatic heterocycles. The van der Waals surface area contributed by atoms with Gasteiger partial charge in [0.05, 0.1) is 0 Å². The number of rotatable bonds is 7. The number of nitrogens with zero attached hydrogens (tertiary/aromatic N) is 2. The van der Waals surface area contributed by atoms with Crippen LogP contribution < -0.4 is 16.0 Å². The van der Waals surface area contributed by atoms with Crippen molar-refractivity contribution in [3.63, 3.8) is 0 Å². The molecule has 3 N–H and O–H groups in total. The van der Waals surface area contributed by atoms with Gasteiger partial charge in [-0.15, -0.1) is 11.3 Å². The summed E-state index contributed by atoms with van der Waals surface area (Å²) in [4.78, 5) is 44.0. The van der Waals surface area contributed by atoms with Crippen molar-refractivity contribution >= 4 is 34.9 Å². The van der Waals surface area contributed by atoms with Gasteiger partial charge in [-0.25, -0.2) is 4.79 Å². The maximum atomic E-state index is 12.4. The van der Waals surface area contributed by atoms with Crippen molar-refractivity contribution in [3.8, 4) is 0 Å². The lowest BCUT2D eigenvalue weighted by atomic mass is 10.1. The van der Waals surface area contributed by atoms with Crippen LogP contribution in [0.15, 0.2) is 60.1 Å². The molecule has 1 aromatic carbocycles. The highest BCUT2D eigenvalue weighted by Crippen LogP contribution is 2.24. The van der Waals surface area contributed by atoms with Gasteiger partial charge in [0.25, 0.3) is 5.91 Å². The summed E-state index contributed by atoms with van der Waals surface area (Å²) < 4.78 is 0. The van der Waals surface area contributed by atoms with E-state index >= 15 is 0 Å². The first-order chi connectivity index (χ1) is 16.1. The van der Waals surface area contributed by atoms with Crippen molar-refractivity contribution < 1.29 is 14.4 Å². The van der Waals surface area contributed by atoms with Crippen molar-refractivity contribution in [3.05, 3.63) is 81.8 Å². The summed E-state index contributed by atoms with van der Waals surface area (Å²) in [5.74, 6) is -0.254. The molecule has 170 valence electrons. The minimum Gasteiger partial charge on any atom is -0.338 e. The number of hydrogen-bond donors (Lipinski definition) is 3. The second-order valence-corrected chi connectivity index (χ2v) is 8.66. The van der Waals surface area contributed by atoms with Crippen LogP contribution >= 0.6 is 11.3 Å². The lowest BCUT2D eigenvalue weighted by Crippen LogP contribution is -2.40. The number of pyridine rings is 1. The Bertz CT molecular complexity index is 1130. The smallest absolute Gasteiger partial charge is 0.315 e. The Balaban J connectivity index is 1.18. The zero-order chi connectivity index (χ0) is 23.0. The minimum absolute atomic E-state index is 0.0449. The number of benzene rings is 1. The van der Waals surface area contributed by atoms with Crippen molar-refractivity contribution in [1.82, 2.24) is 20.5 Å². The van der Waals surface area contributed by atoms with Crippen molar-refractivity contribution in [2.45, 2.75) is 25.9 Å². The summed E-state index contributed by atoms with van der Waals surface area (Å²) >= 11 is 1.74. The molecule has 3 aromatic rings. The molecule has 4 amide bonds. The summed E-state index contributed by atoms with van der Waals surface area (Å²) in [6, 6.07) is 14.1. The van der Waals surface area contributed by atoms with Gasteiger partial charge < -0.3 is 20.9 Å². The Morgan fingerprint density at radius 1 is 1.06 bits per heavy atom. The number of nitrogens with one attached hydrogen (secondary N) is 3. The third-order valence-corrected chi connectivity index (χ3v) is 6.34. The Morgan fingerprint density at radius 3 is 2.82 bits per heavy atom. The van der Waals surface area contributed by atoms with Gasteiger partial charge in [-0.2, -0.15) is 0 Å². The third kappa shape index (κ3) is 6.17. The summed E-state index contributed by atoms with van der Waals surface area (Å²) in [5, 5.41) is 10.4. The van der Waals surface area contributed by atoms with E-state index < -0.39 is 0 Å². The zero-order valence-corrected chi connectivity index (χ0v) is 18.9. The van der Waals surface area contributed by atoms with Crippen molar-refractivity contribution in [1.29, 1.82) is 0 Å². The van der Waals surface area contributed by atoms with E-state index in [1.54, 1.807) is 53.9 Å². The molecule has 0 saturated heterocycles. The van der Waals surface area contributed by atoms with E-state index in [9.17, 15) is 14.4 Å². The maximum absolute atomic E-state index is 12.4. The maximum Gasteiger partial charge on any atom is 0.315 e. The number of anilines is 1. The second-order valence-electron chi connectivity index (χ2n) is 7.66. The number of thiophene rings is 1. The summed E-state index contributed by atoms with van der Waals surface area (Å²) in [6.45, 7) is 1.95. The first-order valence-electron chi connectivity index (χ1n) is 10.7. The van der Waals surface area contributed by atoms with Crippen LogP contribution in [0.5, 0.6) is 0 Å². The van der Waals surface area contributed by atoms with E-state index in [0.717, 1.165) is 18.5 Å². The van der Waals surface area contributed by atoms with Crippen LogP contribution in [-0.2, 0) is 24.3 Å². The third-order valence-electron chi connectivity index (χ3n) is 5.32. The standard InChI is InChI=1S/C24H25N5O3S/c30-22(29-12-8-21-18(16-29)9-13-33-21)7-11-26-24(32)27-15-17-4-3-5-19(14-17)28-23(31)20-6-1-2-10-25-20/h1-6,9-10,13-14H,7-8,11-12,15-16H2,(H,28,31)(H2,26,27,32). The Labute approximate surface area is 196 Å². The van der Waals surface area contributed by atoms with E-state index in [1.807, 2.05) is 11.0 Å². The van der Waals surface area contributed by atoms with Crippen LogP contribution in [-0.4, -0.2) is 40.8 Å². The molecular formula is C24H25N5O3S. The lowest BCUT2D eigenvalue weighted by molar-refractivity contribution is -0.131. The zero-order valence-electron chi connectivity index (χ0n) is 18.0. The molecule has 0 spiro atoms. The minimum atomic E-state index is -0.343. The van der Waals surface area contributed by atoms with Crippen LogP contribution in [0.4, 0.5) is 10.5 Å². The predicted molar refractivity (Wildman–Crippen MR) is 127 cm³/mol. The fourth-order valence-electron chi connectivity index (χ4n) is 3.60. The number of hydrogen-bond acceptors (Lipinski definition) is 5. The molecule has 4 rings (SSSR count). The van der Waals surface area contributed by atoms with E-state index in [4.69, 9.17) is 0 Å². The second kappa shape index (κ2) is 10.7. The Hall–Kier alpha value is -3.72. The highest BCUT2D eigenvalue weighted by molar-refractivity contribution is 7.10. The van der Waals surface area contributed by atoms with Gasteiger partial charge >= 0.3 is 6.03 Å². The molecule has 33 heavy (non-hydrogen) atoms. The van der Waals surface area contributed by atoms with Crippen LogP contribution in [0.1, 0.15) is 32.9 Å². The molecule has 0 atom stereocenters. The van der Waals surface area contributed by atoms with E-state index in [-0.39, 0.29) is 30.8 Å². The molecule has 8 nitrogen and oxygen atoms in total. The number of carbonyl (C=O) groups is 3. The fraction of sp³-hybridized carbons (Fsp3) is 0.250. The number of fused-ring (bicyclic) bond motifs is 1. The number of aromatic nitrogens is 1. The van der Waals surface area contributed by atoms with E-state index in [1.165, 1.54) is 10.4 Å². The summed E-state index contributed by atoms with van der Waals surface area (Å²) in [6.07, 6.45) is 2.73. The van der Waals surface area contributed by atoms with Gasteiger partial charge in [0.15, 0.2) is 0 Å². The summed E-state index contributed by atoms with van der Waals surface area (Å²) in [7, 11) is 0. The molecule has 0 bridgehead atoms. The number of urea groups is 1. The Morgan fingerprint density at radius 2 is 1.97 bits per heavy atom. The van der Waals surface area contributed by atoms with Crippen LogP contribution in [0.25, 0.3) is 0 Å². The number of amides is 4. The van der Waals surface area contributed by atoms with Gasteiger partial charge in [-0.05, 0) is 53.3 Å². The molecule has 0 radical (unpaired) electrons.